The van der Waals surface area contributed by atoms with E-state index in [0.29, 0.717) is 0 Å². The lowest BCUT2D eigenvalue weighted by molar-refractivity contribution is -0.276. The number of halogens is 6. The fraction of sp³-hybridized carbons (Fsp3) is 1.00. The third-order valence-electron chi connectivity index (χ3n) is 2.06. The third kappa shape index (κ3) is 2.06. The largest absolute Gasteiger partial charge is 0.412 e. The van der Waals surface area contributed by atoms with Gasteiger partial charge in [0, 0.05) is 13.0 Å². The van der Waals surface area contributed by atoms with Crippen molar-refractivity contribution in [3.8, 4) is 0 Å². The van der Waals surface area contributed by atoms with Gasteiger partial charge in [-0.1, -0.05) is 0 Å². The van der Waals surface area contributed by atoms with E-state index in [-0.39, 0.29) is 18.4 Å². The third-order valence-corrected chi connectivity index (χ3v) is 3.65. The molecule has 1 aliphatic heterocycles. The minimum absolute atomic E-state index is 0.101. The Balaban J connectivity index is 2.78. The molecule has 0 bridgehead atoms. The lowest BCUT2D eigenvalue weighted by Crippen LogP contribution is -2.62. The van der Waals surface area contributed by atoms with Crippen LogP contribution in [0.25, 0.3) is 0 Å². The molecule has 1 rings (SSSR count). The van der Waals surface area contributed by atoms with Crippen LogP contribution in [0, 0.1) is 0 Å². The summed E-state index contributed by atoms with van der Waals surface area (Å²) in [5, 5.41) is 0. The van der Waals surface area contributed by atoms with Crippen LogP contribution in [-0.4, -0.2) is 29.1 Å². The molecule has 0 N–H and O–H groups in total. The summed E-state index contributed by atoms with van der Waals surface area (Å²) in [6.07, 6.45) is -11.6. The van der Waals surface area contributed by atoms with Crippen LogP contribution in [-0.2, 0) is 4.74 Å². The van der Waals surface area contributed by atoms with Gasteiger partial charge in [0.1, 0.15) is 5.44 Å². The van der Waals surface area contributed by atoms with Crippen molar-refractivity contribution in [2.24, 2.45) is 0 Å². The van der Waals surface area contributed by atoms with Crippen molar-refractivity contribution in [1.82, 2.24) is 0 Å². The number of thioether (sulfide) groups is 1. The van der Waals surface area contributed by atoms with E-state index in [1.807, 2.05) is 0 Å². The molecule has 1 atom stereocenters. The topological polar surface area (TPSA) is 9.23 Å². The fourth-order valence-corrected chi connectivity index (χ4v) is 2.46. The maximum absolute atomic E-state index is 12.3. The van der Waals surface area contributed by atoms with E-state index in [1.165, 1.54) is 6.92 Å². The van der Waals surface area contributed by atoms with Crippen LogP contribution in [0.4, 0.5) is 26.3 Å². The number of ether oxygens (including phenoxy) is 1. The summed E-state index contributed by atoms with van der Waals surface area (Å²) < 4.78 is 74.7. The first kappa shape index (κ1) is 13.0. The predicted octanol–water partition coefficient (Wildman–Crippen LogP) is 3.35. The number of hydrogen-bond donors (Lipinski definition) is 0. The van der Waals surface area contributed by atoms with E-state index >= 15 is 0 Å². The smallest absolute Gasteiger partial charge is 0.368 e. The second-order valence-corrected chi connectivity index (χ2v) is 4.49. The summed E-state index contributed by atoms with van der Waals surface area (Å²) in [5.74, 6) is 0. The molecule has 0 aliphatic carbocycles. The number of hydrogen-bond acceptors (Lipinski definition) is 2. The Kier molecular flexibility index (Phi) is 3.22. The summed E-state index contributed by atoms with van der Waals surface area (Å²) in [7, 11) is 0. The van der Waals surface area contributed by atoms with Crippen molar-refractivity contribution in [3.63, 3.8) is 0 Å². The highest BCUT2D eigenvalue weighted by Crippen LogP contribution is 2.63. The SMILES string of the molecule is CCOC1CC(C(F)(F)F)(C(F)(F)F)S1. The van der Waals surface area contributed by atoms with Gasteiger partial charge in [0.2, 0.25) is 4.75 Å². The van der Waals surface area contributed by atoms with Gasteiger partial charge >= 0.3 is 12.4 Å². The van der Waals surface area contributed by atoms with Crippen LogP contribution in [0.15, 0.2) is 0 Å². The van der Waals surface area contributed by atoms with Crippen molar-refractivity contribution >= 4 is 11.8 Å². The summed E-state index contributed by atoms with van der Waals surface area (Å²) >= 11 is -0.213. The molecule has 0 aromatic carbocycles. The zero-order valence-corrected chi connectivity index (χ0v) is 8.39. The van der Waals surface area contributed by atoms with Crippen LogP contribution < -0.4 is 0 Å². The zero-order valence-electron chi connectivity index (χ0n) is 7.58. The van der Waals surface area contributed by atoms with Gasteiger partial charge in [-0.05, 0) is 6.92 Å². The normalized spacial score (nSPS) is 26.2. The van der Waals surface area contributed by atoms with Crippen molar-refractivity contribution < 1.29 is 31.1 Å². The monoisotopic (exact) mass is 254 g/mol. The fourth-order valence-electron chi connectivity index (χ4n) is 1.25. The van der Waals surface area contributed by atoms with Crippen LogP contribution in [0.3, 0.4) is 0 Å². The van der Waals surface area contributed by atoms with E-state index < -0.39 is 29.0 Å². The van der Waals surface area contributed by atoms with E-state index in [4.69, 9.17) is 0 Å². The molecule has 1 saturated heterocycles. The lowest BCUT2D eigenvalue weighted by Gasteiger charge is -2.47. The van der Waals surface area contributed by atoms with Gasteiger partial charge in [-0.3, -0.25) is 0 Å². The quantitative estimate of drug-likeness (QED) is 0.699. The highest BCUT2D eigenvalue weighted by atomic mass is 32.2. The molecule has 0 radical (unpaired) electrons. The maximum Gasteiger partial charge on any atom is 0.412 e. The van der Waals surface area contributed by atoms with Crippen LogP contribution in [0.1, 0.15) is 13.3 Å². The van der Waals surface area contributed by atoms with Crippen molar-refractivity contribution in [1.29, 1.82) is 0 Å². The van der Waals surface area contributed by atoms with Gasteiger partial charge < -0.3 is 4.74 Å². The molecule has 1 heterocycles. The minimum atomic E-state index is -5.29. The first-order chi connectivity index (χ1) is 6.64. The molecule has 1 aliphatic rings. The number of alkyl halides is 6. The average molecular weight is 254 g/mol. The van der Waals surface area contributed by atoms with Gasteiger partial charge in [-0.15, -0.1) is 11.8 Å². The van der Waals surface area contributed by atoms with Gasteiger partial charge in [-0.2, -0.15) is 26.3 Å². The first-order valence-corrected chi connectivity index (χ1v) is 4.95. The van der Waals surface area contributed by atoms with Crippen molar-refractivity contribution in [3.05, 3.63) is 0 Å². The highest BCUT2D eigenvalue weighted by Gasteiger charge is 2.77. The maximum atomic E-state index is 12.3. The molecule has 1 fully saturated rings. The van der Waals surface area contributed by atoms with Crippen LogP contribution in [0.5, 0.6) is 0 Å². The van der Waals surface area contributed by atoms with Gasteiger partial charge in [-0.25, -0.2) is 0 Å². The summed E-state index contributed by atoms with van der Waals surface area (Å²) in [5.41, 5.74) is -1.02. The Hall–Kier alpha value is -0.110. The Labute approximate surface area is 86.2 Å². The minimum Gasteiger partial charge on any atom is -0.368 e. The summed E-state index contributed by atoms with van der Waals surface area (Å²) in [6, 6.07) is 0. The number of rotatable bonds is 2. The Morgan fingerprint density at radius 3 is 1.87 bits per heavy atom. The lowest BCUT2D eigenvalue weighted by atomic mass is 10.0. The molecule has 0 spiro atoms. The van der Waals surface area contributed by atoms with Gasteiger partial charge in [0.25, 0.3) is 0 Å². The van der Waals surface area contributed by atoms with E-state index in [9.17, 15) is 26.3 Å². The van der Waals surface area contributed by atoms with E-state index in [1.54, 1.807) is 0 Å². The Morgan fingerprint density at radius 1 is 1.20 bits per heavy atom. The van der Waals surface area contributed by atoms with E-state index in [2.05, 4.69) is 4.74 Å². The summed E-state index contributed by atoms with van der Waals surface area (Å²) in [6.45, 7) is 1.62. The average Bonchev–Trinajstić information content (AvgIpc) is 1.89. The molecular formula is C7H8F6OS. The molecule has 8 heteroatoms. The second-order valence-electron chi connectivity index (χ2n) is 3.03. The van der Waals surface area contributed by atoms with E-state index in [0.717, 1.165) is 0 Å². The standard InChI is InChI=1S/C7H8F6OS/c1-2-14-4-3-5(15-4,6(8,9)10)7(11,12)13/h4H,2-3H2,1H3. The Morgan fingerprint density at radius 2 is 1.60 bits per heavy atom. The van der Waals surface area contributed by atoms with Gasteiger partial charge in [0.05, 0.1) is 0 Å². The van der Waals surface area contributed by atoms with Crippen LogP contribution >= 0.6 is 11.8 Å². The molecule has 0 aromatic rings. The zero-order chi connectivity index (χ0) is 11.9. The molecular weight excluding hydrogens is 246 g/mol. The molecule has 15 heavy (non-hydrogen) atoms. The predicted molar refractivity (Wildman–Crippen MR) is 42.5 cm³/mol. The molecule has 0 aromatic heterocycles. The summed E-state index contributed by atoms with van der Waals surface area (Å²) in [4.78, 5) is 0. The first-order valence-electron chi connectivity index (χ1n) is 4.07. The molecule has 0 amide bonds. The van der Waals surface area contributed by atoms with Crippen molar-refractivity contribution in [2.75, 3.05) is 6.61 Å². The van der Waals surface area contributed by atoms with Crippen molar-refractivity contribution in [2.45, 2.75) is 35.9 Å². The molecule has 0 saturated carbocycles. The second kappa shape index (κ2) is 3.73. The molecule has 1 nitrogen and oxygen atoms in total. The van der Waals surface area contributed by atoms with Crippen LogP contribution in [0.2, 0.25) is 0 Å². The highest BCUT2D eigenvalue weighted by molar-refractivity contribution is 8.02. The Bertz CT molecular complexity index is 213. The molecule has 90 valence electrons. The molecule has 1 unspecified atom stereocenters. The van der Waals surface area contributed by atoms with Gasteiger partial charge in [0.15, 0.2) is 0 Å².